The highest BCUT2D eigenvalue weighted by Gasteiger charge is 2.16. The zero-order valence-corrected chi connectivity index (χ0v) is 18.8. The van der Waals surface area contributed by atoms with Crippen LogP contribution in [0.25, 0.3) is 11.4 Å². The first-order valence-electron chi connectivity index (χ1n) is 10.1. The number of carbonyl (C=O) groups excluding carboxylic acids is 1. The average molecular weight is 447 g/mol. The minimum absolute atomic E-state index is 0.218. The number of aromatic nitrogens is 4. The predicted molar refractivity (Wildman–Crippen MR) is 123 cm³/mol. The Labute approximate surface area is 189 Å². The molecule has 0 unspecified atom stereocenters. The SMILES string of the molecule is CCOC(=O)c1nn(-c2ccccc2)c(=NN=C(C)c2cnn(-c3ccccc3)c2C)s1. The summed E-state index contributed by atoms with van der Waals surface area (Å²) >= 11 is 1.13. The molecule has 0 amide bonds. The topological polar surface area (TPSA) is 86.7 Å². The molecular formula is C23H22N6O2S. The van der Waals surface area contributed by atoms with Gasteiger partial charge >= 0.3 is 5.97 Å². The van der Waals surface area contributed by atoms with Crippen molar-refractivity contribution in [3.8, 4) is 11.4 Å². The molecule has 0 aliphatic carbocycles. The summed E-state index contributed by atoms with van der Waals surface area (Å²) in [6.45, 7) is 5.90. The third-order valence-electron chi connectivity index (χ3n) is 4.70. The number of ether oxygens (including phenoxy) is 1. The van der Waals surface area contributed by atoms with Crippen LogP contribution in [0.15, 0.2) is 77.1 Å². The highest BCUT2D eigenvalue weighted by molar-refractivity contribution is 7.10. The summed E-state index contributed by atoms with van der Waals surface area (Å²) in [5, 5.41) is 17.9. The molecule has 9 heteroatoms. The first-order valence-corrected chi connectivity index (χ1v) is 10.9. The van der Waals surface area contributed by atoms with E-state index in [1.807, 2.05) is 79.2 Å². The van der Waals surface area contributed by atoms with E-state index < -0.39 is 5.97 Å². The van der Waals surface area contributed by atoms with Crippen molar-refractivity contribution >= 4 is 23.0 Å². The largest absolute Gasteiger partial charge is 0.461 e. The van der Waals surface area contributed by atoms with Crippen molar-refractivity contribution in [1.82, 2.24) is 19.6 Å². The normalized spacial score (nSPS) is 12.2. The van der Waals surface area contributed by atoms with Crippen LogP contribution in [0.1, 0.15) is 34.9 Å². The Morgan fingerprint density at radius 2 is 1.66 bits per heavy atom. The van der Waals surface area contributed by atoms with Gasteiger partial charge < -0.3 is 4.74 Å². The quantitative estimate of drug-likeness (QED) is 0.255. The summed E-state index contributed by atoms with van der Waals surface area (Å²) in [6, 6.07) is 19.4. The van der Waals surface area contributed by atoms with E-state index in [1.165, 1.54) is 0 Å². The van der Waals surface area contributed by atoms with E-state index in [0.717, 1.165) is 34.0 Å². The maximum atomic E-state index is 12.2. The maximum Gasteiger partial charge on any atom is 0.369 e. The third-order valence-corrected chi connectivity index (χ3v) is 5.58. The molecule has 0 aliphatic rings. The van der Waals surface area contributed by atoms with Gasteiger partial charge in [0.05, 0.1) is 35.6 Å². The van der Waals surface area contributed by atoms with Crippen molar-refractivity contribution < 1.29 is 9.53 Å². The number of benzene rings is 2. The van der Waals surface area contributed by atoms with Gasteiger partial charge in [-0.1, -0.05) is 47.7 Å². The zero-order valence-electron chi connectivity index (χ0n) is 18.0. The number of rotatable bonds is 6. The molecule has 0 radical (unpaired) electrons. The molecule has 0 aliphatic heterocycles. The molecule has 2 aromatic heterocycles. The number of carbonyl (C=O) groups is 1. The van der Waals surface area contributed by atoms with E-state index in [-0.39, 0.29) is 11.6 Å². The minimum Gasteiger partial charge on any atom is -0.461 e. The lowest BCUT2D eigenvalue weighted by molar-refractivity contribution is 0.0524. The van der Waals surface area contributed by atoms with Crippen LogP contribution in [-0.2, 0) is 4.74 Å². The summed E-state index contributed by atoms with van der Waals surface area (Å²) in [5.74, 6) is -0.482. The van der Waals surface area contributed by atoms with E-state index in [4.69, 9.17) is 4.74 Å². The van der Waals surface area contributed by atoms with Crippen LogP contribution in [-0.4, -0.2) is 37.8 Å². The molecule has 4 aromatic rings. The van der Waals surface area contributed by atoms with Crippen LogP contribution < -0.4 is 4.80 Å². The second kappa shape index (κ2) is 9.52. The smallest absolute Gasteiger partial charge is 0.369 e. The summed E-state index contributed by atoms with van der Waals surface area (Å²) in [4.78, 5) is 12.7. The van der Waals surface area contributed by atoms with E-state index in [9.17, 15) is 4.79 Å². The fourth-order valence-corrected chi connectivity index (χ4v) is 3.88. The molecule has 0 spiro atoms. The van der Waals surface area contributed by atoms with Crippen LogP contribution >= 0.6 is 11.3 Å². The van der Waals surface area contributed by atoms with Crippen molar-refractivity contribution in [3.05, 3.63) is 87.9 Å². The Balaban J connectivity index is 1.74. The van der Waals surface area contributed by atoms with Crippen molar-refractivity contribution in [2.75, 3.05) is 6.61 Å². The summed E-state index contributed by atoms with van der Waals surface area (Å²) in [6.07, 6.45) is 1.78. The van der Waals surface area contributed by atoms with E-state index in [2.05, 4.69) is 20.4 Å². The Morgan fingerprint density at radius 1 is 1.03 bits per heavy atom. The van der Waals surface area contributed by atoms with Crippen molar-refractivity contribution in [2.45, 2.75) is 20.8 Å². The van der Waals surface area contributed by atoms with E-state index in [0.29, 0.717) is 10.5 Å². The lowest BCUT2D eigenvalue weighted by Crippen LogP contribution is -2.14. The molecule has 0 N–H and O–H groups in total. The zero-order chi connectivity index (χ0) is 22.5. The molecule has 4 rings (SSSR count). The lowest BCUT2D eigenvalue weighted by atomic mass is 10.2. The molecular weight excluding hydrogens is 424 g/mol. The molecule has 0 bridgehead atoms. The van der Waals surface area contributed by atoms with Crippen LogP contribution in [0.5, 0.6) is 0 Å². The molecule has 32 heavy (non-hydrogen) atoms. The predicted octanol–water partition coefficient (Wildman–Crippen LogP) is 3.93. The summed E-state index contributed by atoms with van der Waals surface area (Å²) in [5.41, 5.74) is 4.30. The number of hydrogen-bond acceptors (Lipinski definition) is 7. The first kappa shape index (κ1) is 21.4. The van der Waals surface area contributed by atoms with E-state index >= 15 is 0 Å². The van der Waals surface area contributed by atoms with Crippen LogP contribution in [0, 0.1) is 6.92 Å². The number of nitrogens with zero attached hydrogens (tertiary/aromatic N) is 6. The monoisotopic (exact) mass is 446 g/mol. The molecule has 0 saturated heterocycles. The van der Waals surface area contributed by atoms with Gasteiger partial charge in [0.15, 0.2) is 0 Å². The molecule has 0 saturated carbocycles. The van der Waals surface area contributed by atoms with Crippen LogP contribution in [0.2, 0.25) is 0 Å². The fraction of sp³-hybridized carbons (Fsp3) is 0.174. The highest BCUT2D eigenvalue weighted by atomic mass is 32.1. The second-order valence-corrected chi connectivity index (χ2v) is 7.79. The van der Waals surface area contributed by atoms with Crippen LogP contribution in [0.3, 0.4) is 0 Å². The maximum absolute atomic E-state index is 12.2. The van der Waals surface area contributed by atoms with Crippen molar-refractivity contribution in [3.63, 3.8) is 0 Å². The Bertz CT molecular complexity index is 1320. The van der Waals surface area contributed by atoms with Gasteiger partial charge in [-0.2, -0.15) is 10.2 Å². The summed E-state index contributed by atoms with van der Waals surface area (Å²) in [7, 11) is 0. The van der Waals surface area contributed by atoms with Gasteiger partial charge in [-0.15, -0.1) is 10.2 Å². The van der Waals surface area contributed by atoms with Crippen molar-refractivity contribution in [1.29, 1.82) is 0 Å². The summed E-state index contributed by atoms with van der Waals surface area (Å²) < 4.78 is 8.55. The van der Waals surface area contributed by atoms with Gasteiger partial charge in [-0.25, -0.2) is 14.2 Å². The van der Waals surface area contributed by atoms with Gasteiger partial charge in [0, 0.05) is 5.56 Å². The Hall–Kier alpha value is -3.85. The third kappa shape index (κ3) is 4.42. The minimum atomic E-state index is -0.482. The van der Waals surface area contributed by atoms with Gasteiger partial charge in [0.1, 0.15) is 0 Å². The first-order chi connectivity index (χ1) is 15.6. The van der Waals surface area contributed by atoms with Crippen molar-refractivity contribution in [2.24, 2.45) is 10.2 Å². The average Bonchev–Trinajstić information content (AvgIpc) is 3.43. The van der Waals surface area contributed by atoms with Gasteiger partial charge in [0.2, 0.25) is 9.81 Å². The Morgan fingerprint density at radius 3 is 2.28 bits per heavy atom. The fourth-order valence-electron chi connectivity index (χ4n) is 3.13. The molecule has 162 valence electrons. The number of esters is 1. The molecule has 0 fully saturated rings. The molecule has 2 aromatic carbocycles. The molecule has 0 atom stereocenters. The lowest BCUT2D eigenvalue weighted by Gasteiger charge is -2.04. The van der Waals surface area contributed by atoms with Gasteiger partial charge in [-0.3, -0.25) is 0 Å². The van der Waals surface area contributed by atoms with E-state index in [1.54, 1.807) is 17.8 Å². The van der Waals surface area contributed by atoms with Crippen LogP contribution in [0.4, 0.5) is 0 Å². The Kier molecular flexibility index (Phi) is 6.37. The molecule has 8 nitrogen and oxygen atoms in total. The number of para-hydroxylation sites is 2. The standard InChI is InChI=1S/C23H22N6O2S/c1-4-31-22(30)21-27-29(19-13-9-6-10-14-19)23(32-21)26-25-16(2)20-15-24-28(17(20)3)18-11-7-5-8-12-18/h5-15H,4H2,1-3H3. The second-order valence-electron chi connectivity index (χ2n) is 6.83. The number of hydrogen-bond donors (Lipinski definition) is 0. The van der Waals surface area contributed by atoms with Gasteiger partial charge in [-0.05, 0) is 45.0 Å². The molecule has 2 heterocycles. The van der Waals surface area contributed by atoms with Gasteiger partial charge in [0.25, 0.3) is 0 Å². The highest BCUT2D eigenvalue weighted by Crippen LogP contribution is 2.15.